The number of nitrogens with one attached hydrogen (secondary N) is 1. The summed E-state index contributed by atoms with van der Waals surface area (Å²) < 4.78 is 3.90. The Hall–Kier alpha value is -2.60. The summed E-state index contributed by atoms with van der Waals surface area (Å²) >= 11 is 6.36. The van der Waals surface area contributed by atoms with Crippen LogP contribution in [0.25, 0.3) is 16.7 Å². The first kappa shape index (κ1) is 15.0. The molecular weight excluding hydrogens is 324 g/mol. The molecule has 0 aliphatic heterocycles. The number of fused-ring (bicyclic) bond motifs is 3. The summed E-state index contributed by atoms with van der Waals surface area (Å²) in [5, 5.41) is 8.54. The van der Waals surface area contributed by atoms with Crippen LogP contribution in [0, 0.1) is 20.8 Å². The highest BCUT2D eigenvalue weighted by Crippen LogP contribution is 2.31. The molecule has 7 heteroatoms. The van der Waals surface area contributed by atoms with Crippen LogP contribution in [-0.4, -0.2) is 24.1 Å². The van der Waals surface area contributed by atoms with Crippen molar-refractivity contribution in [1.29, 1.82) is 0 Å². The quantitative estimate of drug-likeness (QED) is 0.600. The summed E-state index contributed by atoms with van der Waals surface area (Å²) in [5.41, 5.74) is 5.45. The number of aryl methyl sites for hydroxylation is 4. The molecule has 3 aromatic heterocycles. The van der Waals surface area contributed by atoms with E-state index < -0.39 is 0 Å². The summed E-state index contributed by atoms with van der Waals surface area (Å²) in [7, 11) is 1.92. The predicted molar refractivity (Wildman–Crippen MR) is 96.2 cm³/mol. The number of nitrogens with zero attached hydrogens (tertiary/aromatic N) is 5. The van der Waals surface area contributed by atoms with Crippen molar-refractivity contribution in [1.82, 2.24) is 24.1 Å². The van der Waals surface area contributed by atoms with Gasteiger partial charge in [0.2, 0.25) is 0 Å². The molecule has 0 unspecified atom stereocenters. The van der Waals surface area contributed by atoms with Crippen LogP contribution in [0.4, 0.5) is 11.5 Å². The monoisotopic (exact) mass is 340 g/mol. The first-order valence-electron chi connectivity index (χ1n) is 7.67. The molecule has 0 fully saturated rings. The maximum Gasteiger partial charge on any atom is 0.163 e. The Labute approximate surface area is 144 Å². The van der Waals surface area contributed by atoms with Crippen molar-refractivity contribution < 1.29 is 0 Å². The molecule has 0 atom stereocenters. The fraction of sp³-hybridized carbons (Fsp3) is 0.235. The van der Waals surface area contributed by atoms with Gasteiger partial charge in [0, 0.05) is 7.05 Å². The minimum absolute atomic E-state index is 0.661. The fourth-order valence-corrected chi connectivity index (χ4v) is 3.33. The Kier molecular flexibility index (Phi) is 3.25. The van der Waals surface area contributed by atoms with E-state index in [-0.39, 0.29) is 0 Å². The van der Waals surface area contributed by atoms with Gasteiger partial charge < -0.3 is 5.32 Å². The molecule has 0 saturated carbocycles. The van der Waals surface area contributed by atoms with E-state index in [9.17, 15) is 0 Å². The molecule has 24 heavy (non-hydrogen) atoms. The molecule has 0 spiro atoms. The molecule has 4 rings (SSSR count). The summed E-state index contributed by atoms with van der Waals surface area (Å²) in [4.78, 5) is 9.25. The number of aromatic nitrogens is 5. The Bertz CT molecular complexity index is 1070. The zero-order valence-corrected chi connectivity index (χ0v) is 14.7. The largest absolute Gasteiger partial charge is 0.337 e. The third kappa shape index (κ3) is 2.06. The maximum atomic E-state index is 6.36. The SMILES string of the molecule is Cc1cccc(Cl)c1Nc1nc2c(C)nn(C)c2n2c(C)ncc12. The normalized spacial score (nSPS) is 11.5. The van der Waals surface area contributed by atoms with Crippen LogP contribution in [0.3, 0.4) is 0 Å². The number of hydrogen-bond acceptors (Lipinski definition) is 4. The number of para-hydroxylation sites is 1. The number of imidazole rings is 1. The van der Waals surface area contributed by atoms with Crippen molar-refractivity contribution in [2.75, 3.05) is 5.32 Å². The number of halogens is 1. The lowest BCUT2D eigenvalue weighted by Crippen LogP contribution is -2.04. The molecule has 0 radical (unpaired) electrons. The predicted octanol–water partition coefficient (Wildman–Crippen LogP) is 3.94. The number of rotatable bonds is 2. The molecule has 3 heterocycles. The van der Waals surface area contributed by atoms with E-state index in [2.05, 4.69) is 19.8 Å². The molecule has 0 aliphatic carbocycles. The van der Waals surface area contributed by atoms with Gasteiger partial charge in [-0.2, -0.15) is 5.10 Å². The second-order valence-corrected chi connectivity index (χ2v) is 6.33. The third-order valence-corrected chi connectivity index (χ3v) is 4.56. The van der Waals surface area contributed by atoms with Gasteiger partial charge in [-0.05, 0) is 32.4 Å². The second kappa shape index (κ2) is 5.21. The number of hydrogen-bond donors (Lipinski definition) is 1. The summed E-state index contributed by atoms with van der Waals surface area (Å²) in [6.07, 6.45) is 1.82. The van der Waals surface area contributed by atoms with Crippen molar-refractivity contribution in [3.8, 4) is 0 Å². The van der Waals surface area contributed by atoms with Crippen molar-refractivity contribution in [3.05, 3.63) is 46.5 Å². The third-order valence-electron chi connectivity index (χ3n) is 4.24. The lowest BCUT2D eigenvalue weighted by Gasteiger charge is -2.13. The minimum atomic E-state index is 0.661. The van der Waals surface area contributed by atoms with Gasteiger partial charge in [-0.25, -0.2) is 14.6 Å². The molecule has 6 nitrogen and oxygen atoms in total. The van der Waals surface area contributed by atoms with Gasteiger partial charge in [0.1, 0.15) is 16.9 Å². The molecule has 4 aromatic rings. The smallest absolute Gasteiger partial charge is 0.163 e. The van der Waals surface area contributed by atoms with Gasteiger partial charge in [-0.1, -0.05) is 23.7 Å². The van der Waals surface area contributed by atoms with Crippen LogP contribution in [0.5, 0.6) is 0 Å². The van der Waals surface area contributed by atoms with Crippen molar-refractivity contribution >= 4 is 39.8 Å². The molecule has 122 valence electrons. The average molecular weight is 341 g/mol. The lowest BCUT2D eigenvalue weighted by atomic mass is 10.2. The maximum absolute atomic E-state index is 6.36. The van der Waals surface area contributed by atoms with Crippen molar-refractivity contribution in [2.45, 2.75) is 20.8 Å². The highest BCUT2D eigenvalue weighted by molar-refractivity contribution is 6.33. The molecular formula is C17H17ClN6. The van der Waals surface area contributed by atoms with E-state index in [1.165, 1.54) is 0 Å². The van der Waals surface area contributed by atoms with Gasteiger partial charge >= 0.3 is 0 Å². The van der Waals surface area contributed by atoms with Crippen molar-refractivity contribution in [2.24, 2.45) is 7.05 Å². The zero-order chi connectivity index (χ0) is 17.0. The van der Waals surface area contributed by atoms with E-state index in [4.69, 9.17) is 16.6 Å². The van der Waals surface area contributed by atoms with Crippen LogP contribution in [0.2, 0.25) is 5.02 Å². The lowest BCUT2D eigenvalue weighted by molar-refractivity contribution is 0.766. The van der Waals surface area contributed by atoms with E-state index in [1.54, 1.807) is 0 Å². The molecule has 0 saturated heterocycles. The number of anilines is 2. The first-order valence-corrected chi connectivity index (χ1v) is 8.04. The standard InChI is InChI=1S/C17H17ClN6/c1-9-6-5-7-12(18)14(9)20-16-13-8-19-11(3)24(13)17-15(21-16)10(2)22-23(17)4/h5-8H,1-4H3,(H,20,21). The molecule has 1 N–H and O–H groups in total. The minimum Gasteiger partial charge on any atom is -0.337 e. The van der Waals surface area contributed by atoms with E-state index in [0.29, 0.717) is 5.02 Å². The van der Waals surface area contributed by atoms with Crippen LogP contribution in [0.15, 0.2) is 24.4 Å². The highest BCUT2D eigenvalue weighted by atomic mass is 35.5. The molecule has 0 aliphatic rings. The van der Waals surface area contributed by atoms with Crippen molar-refractivity contribution in [3.63, 3.8) is 0 Å². The van der Waals surface area contributed by atoms with Crippen LogP contribution < -0.4 is 5.32 Å². The topological polar surface area (TPSA) is 60.0 Å². The van der Waals surface area contributed by atoms with Gasteiger partial charge in [0.25, 0.3) is 0 Å². The first-order chi connectivity index (χ1) is 11.5. The average Bonchev–Trinajstić information content (AvgIpc) is 3.04. The van der Waals surface area contributed by atoms with Crippen LogP contribution in [-0.2, 0) is 7.05 Å². The molecule has 0 amide bonds. The summed E-state index contributed by atoms with van der Waals surface area (Å²) in [6.45, 7) is 5.94. The Balaban J connectivity index is 2.03. The second-order valence-electron chi connectivity index (χ2n) is 5.92. The van der Waals surface area contributed by atoms with Gasteiger partial charge in [0.05, 0.1) is 22.6 Å². The van der Waals surface area contributed by atoms with Crippen LogP contribution in [0.1, 0.15) is 17.1 Å². The Morgan fingerprint density at radius 1 is 1.17 bits per heavy atom. The van der Waals surface area contributed by atoms with E-state index in [1.807, 2.05) is 56.9 Å². The number of benzene rings is 1. The molecule has 0 bridgehead atoms. The summed E-state index contributed by atoms with van der Waals surface area (Å²) in [6, 6.07) is 5.81. The summed E-state index contributed by atoms with van der Waals surface area (Å²) in [5.74, 6) is 1.61. The van der Waals surface area contributed by atoms with E-state index in [0.717, 1.165) is 45.3 Å². The Morgan fingerprint density at radius 3 is 2.71 bits per heavy atom. The Morgan fingerprint density at radius 2 is 1.96 bits per heavy atom. The fourth-order valence-electron chi connectivity index (χ4n) is 3.06. The van der Waals surface area contributed by atoms with Gasteiger partial charge in [0.15, 0.2) is 11.5 Å². The van der Waals surface area contributed by atoms with Gasteiger partial charge in [-0.15, -0.1) is 0 Å². The van der Waals surface area contributed by atoms with E-state index >= 15 is 0 Å². The molecule has 1 aromatic carbocycles. The van der Waals surface area contributed by atoms with Gasteiger partial charge in [-0.3, -0.25) is 4.40 Å². The zero-order valence-electron chi connectivity index (χ0n) is 13.9. The highest BCUT2D eigenvalue weighted by Gasteiger charge is 2.17. The van der Waals surface area contributed by atoms with Crippen LogP contribution >= 0.6 is 11.6 Å².